The maximum Gasteiger partial charge on any atom is 0.341 e. The van der Waals surface area contributed by atoms with Gasteiger partial charge < -0.3 is 21.0 Å². The van der Waals surface area contributed by atoms with Gasteiger partial charge in [0, 0.05) is 5.56 Å². The predicted octanol–water partition coefficient (Wildman–Crippen LogP) is 1.95. The second-order valence-electron chi connectivity index (χ2n) is 9.56. The first-order valence-corrected chi connectivity index (χ1v) is 11.3. The van der Waals surface area contributed by atoms with Crippen LogP contribution in [0, 0.1) is 17.3 Å². The summed E-state index contributed by atoms with van der Waals surface area (Å²) in [5, 5.41) is 8.51. The van der Waals surface area contributed by atoms with Gasteiger partial charge in [0.1, 0.15) is 12.1 Å². The highest BCUT2D eigenvalue weighted by Crippen LogP contribution is 2.64. The summed E-state index contributed by atoms with van der Waals surface area (Å²) in [5.41, 5.74) is 10.8. The van der Waals surface area contributed by atoms with Crippen LogP contribution in [0.25, 0.3) is 0 Å². The molecule has 1 amide bonds. The summed E-state index contributed by atoms with van der Waals surface area (Å²) in [5.74, 6) is 0.482. The molecule has 174 valence electrons. The first-order valence-electron chi connectivity index (χ1n) is 10.9. The first kappa shape index (κ1) is 21.7. The van der Waals surface area contributed by atoms with Crippen LogP contribution in [0.1, 0.15) is 44.1 Å². The zero-order valence-electron chi connectivity index (χ0n) is 17.9. The van der Waals surface area contributed by atoms with Crippen molar-refractivity contribution in [1.82, 2.24) is 14.8 Å². The number of carbonyl (C=O) groups excluding carboxylic acids is 2. The number of rotatable bonds is 7. The third-order valence-electron chi connectivity index (χ3n) is 7.17. The molecule has 4 saturated carbocycles. The van der Waals surface area contributed by atoms with Crippen LogP contribution in [0.2, 0.25) is 5.28 Å². The lowest BCUT2D eigenvalue weighted by Gasteiger charge is -2.60. The molecule has 0 spiro atoms. The number of nitrogens with two attached hydrogens (primary N) is 2. The molecule has 4 N–H and O–H groups in total. The molecule has 1 heterocycles. The minimum atomic E-state index is -0.612. The van der Waals surface area contributed by atoms with E-state index in [1.165, 1.54) is 0 Å². The van der Waals surface area contributed by atoms with Gasteiger partial charge in [-0.15, -0.1) is 5.10 Å². The highest BCUT2D eigenvalue weighted by atomic mass is 35.5. The van der Waals surface area contributed by atoms with E-state index in [9.17, 15) is 9.59 Å². The highest BCUT2D eigenvalue weighted by molar-refractivity contribution is 6.28. The average molecular weight is 473 g/mol. The number of benzene rings is 1. The van der Waals surface area contributed by atoms with Crippen LogP contribution in [0.3, 0.4) is 0 Å². The van der Waals surface area contributed by atoms with Gasteiger partial charge in [-0.3, -0.25) is 4.79 Å². The van der Waals surface area contributed by atoms with Crippen molar-refractivity contribution in [2.45, 2.75) is 44.1 Å². The van der Waals surface area contributed by atoms with Gasteiger partial charge >= 0.3 is 5.97 Å². The number of oxime groups is 1. The van der Waals surface area contributed by atoms with Crippen molar-refractivity contribution < 1.29 is 19.2 Å². The first-order chi connectivity index (χ1) is 15.8. The Morgan fingerprint density at radius 1 is 1.15 bits per heavy atom. The largest absolute Gasteiger partial charge is 0.484 e. The van der Waals surface area contributed by atoms with Crippen molar-refractivity contribution in [2.75, 3.05) is 6.61 Å². The lowest BCUT2D eigenvalue weighted by atomic mass is 9.47. The van der Waals surface area contributed by atoms with Crippen LogP contribution < -0.4 is 16.2 Å². The van der Waals surface area contributed by atoms with Crippen molar-refractivity contribution in [3.8, 4) is 5.75 Å². The smallest absolute Gasteiger partial charge is 0.341 e. The molecule has 4 fully saturated rings. The quantitative estimate of drug-likeness (QED) is 0.271. The SMILES string of the molecule is NC(=O)COc1ccc(/C(N)=N/OC(=O)C23CC4CC(C2)CC(n2cnc(Cl)n2)(C4)C3)cc1. The number of nitrogens with zero attached hydrogens (tertiary/aromatic N) is 4. The molecular weight excluding hydrogens is 448 g/mol. The summed E-state index contributed by atoms with van der Waals surface area (Å²) in [6.45, 7) is -0.215. The third kappa shape index (κ3) is 4.03. The molecule has 4 bridgehead atoms. The van der Waals surface area contributed by atoms with Crippen LogP contribution in [0.5, 0.6) is 5.75 Å². The average Bonchev–Trinajstić information content (AvgIpc) is 3.22. The fourth-order valence-corrected chi connectivity index (χ4v) is 6.43. The summed E-state index contributed by atoms with van der Waals surface area (Å²) < 4.78 is 7.08. The zero-order valence-corrected chi connectivity index (χ0v) is 18.7. The molecule has 2 aromatic rings. The number of hydrogen-bond donors (Lipinski definition) is 2. The van der Waals surface area contributed by atoms with E-state index in [0.29, 0.717) is 29.6 Å². The Hall–Kier alpha value is -3.14. The Kier molecular flexibility index (Phi) is 5.27. The van der Waals surface area contributed by atoms with Gasteiger partial charge in [0.2, 0.25) is 5.28 Å². The van der Waals surface area contributed by atoms with Crippen LogP contribution in [-0.4, -0.2) is 39.1 Å². The molecule has 2 unspecified atom stereocenters. The molecule has 33 heavy (non-hydrogen) atoms. The topological polar surface area (TPSA) is 148 Å². The van der Waals surface area contributed by atoms with Gasteiger partial charge in [-0.1, -0.05) is 5.16 Å². The maximum absolute atomic E-state index is 13.3. The molecule has 1 aromatic carbocycles. The molecule has 0 aliphatic heterocycles. The highest BCUT2D eigenvalue weighted by Gasteiger charge is 2.62. The van der Waals surface area contributed by atoms with E-state index in [2.05, 4.69) is 15.2 Å². The number of carbonyl (C=O) groups is 2. The Labute approximate surface area is 195 Å². The molecule has 11 heteroatoms. The van der Waals surface area contributed by atoms with E-state index in [1.807, 2.05) is 4.68 Å². The monoisotopic (exact) mass is 472 g/mol. The van der Waals surface area contributed by atoms with Crippen molar-refractivity contribution in [2.24, 2.45) is 33.9 Å². The standard InChI is InChI=1S/C22H25ClN6O4/c23-20-26-12-29(27-20)22-8-13-5-14(9-22)7-21(6-13,11-22)19(31)33-28-18(25)15-1-3-16(4-2-15)32-10-17(24)30/h1-4,12-14H,5-11H2,(H2,24,30)(H2,25,28). The van der Waals surface area contributed by atoms with Gasteiger partial charge in [-0.25, -0.2) is 14.5 Å². The van der Waals surface area contributed by atoms with E-state index in [4.69, 9.17) is 32.6 Å². The zero-order chi connectivity index (χ0) is 23.2. The second-order valence-corrected chi connectivity index (χ2v) is 9.90. The Bertz CT molecular complexity index is 1100. The summed E-state index contributed by atoms with van der Waals surface area (Å²) in [6.07, 6.45) is 6.92. The number of aromatic nitrogens is 3. The van der Waals surface area contributed by atoms with Crippen LogP contribution in [0.4, 0.5) is 0 Å². The molecule has 1 aromatic heterocycles. The van der Waals surface area contributed by atoms with Gasteiger partial charge in [-0.05, 0) is 86.2 Å². The van der Waals surface area contributed by atoms with Crippen molar-refractivity contribution in [3.63, 3.8) is 0 Å². The fraction of sp³-hybridized carbons (Fsp3) is 0.500. The normalized spacial score (nSPS) is 30.3. The molecular formula is C22H25ClN6O4. The van der Waals surface area contributed by atoms with Gasteiger partial charge in [0.25, 0.3) is 5.91 Å². The summed E-state index contributed by atoms with van der Waals surface area (Å²) >= 11 is 5.99. The Balaban J connectivity index is 1.30. The van der Waals surface area contributed by atoms with Gasteiger partial charge in [0.15, 0.2) is 12.4 Å². The van der Waals surface area contributed by atoms with Crippen molar-refractivity contribution >= 4 is 29.3 Å². The molecule has 2 atom stereocenters. The van der Waals surface area contributed by atoms with E-state index in [1.54, 1.807) is 30.6 Å². The molecule has 10 nitrogen and oxygen atoms in total. The Morgan fingerprint density at radius 2 is 1.85 bits per heavy atom. The Morgan fingerprint density at radius 3 is 2.45 bits per heavy atom. The lowest BCUT2D eigenvalue weighted by molar-refractivity contribution is -0.179. The predicted molar refractivity (Wildman–Crippen MR) is 118 cm³/mol. The minimum Gasteiger partial charge on any atom is -0.484 e. The number of amides is 1. The molecule has 4 aliphatic rings. The van der Waals surface area contributed by atoms with Gasteiger partial charge in [0.05, 0.1) is 11.0 Å². The molecule has 4 aliphatic carbocycles. The fourth-order valence-electron chi connectivity index (χ4n) is 6.31. The number of primary amides is 1. The summed E-state index contributed by atoms with van der Waals surface area (Å²) in [4.78, 5) is 33.6. The van der Waals surface area contributed by atoms with E-state index < -0.39 is 11.3 Å². The molecule has 0 saturated heterocycles. The van der Waals surface area contributed by atoms with Crippen LogP contribution >= 0.6 is 11.6 Å². The number of ether oxygens (including phenoxy) is 1. The second kappa shape index (κ2) is 8.02. The number of halogens is 1. The van der Waals surface area contributed by atoms with Crippen molar-refractivity contribution in [1.29, 1.82) is 0 Å². The van der Waals surface area contributed by atoms with Crippen molar-refractivity contribution in [3.05, 3.63) is 41.4 Å². The maximum atomic E-state index is 13.3. The van der Waals surface area contributed by atoms with Crippen LogP contribution in [0.15, 0.2) is 35.7 Å². The third-order valence-corrected chi connectivity index (χ3v) is 7.34. The van der Waals surface area contributed by atoms with Gasteiger partial charge in [-0.2, -0.15) is 0 Å². The van der Waals surface area contributed by atoms with Crippen LogP contribution in [-0.2, 0) is 20.0 Å². The van der Waals surface area contributed by atoms with E-state index in [0.717, 1.165) is 32.1 Å². The molecule has 6 rings (SSSR count). The summed E-state index contributed by atoms with van der Waals surface area (Å²) in [7, 11) is 0. The minimum absolute atomic E-state index is 0.0762. The molecule has 0 radical (unpaired) electrons. The number of amidine groups is 1. The number of hydrogen-bond acceptors (Lipinski definition) is 7. The van der Waals surface area contributed by atoms with E-state index >= 15 is 0 Å². The summed E-state index contributed by atoms with van der Waals surface area (Å²) in [6, 6.07) is 6.59. The lowest BCUT2D eigenvalue weighted by Crippen LogP contribution is -2.59. The van der Waals surface area contributed by atoms with E-state index in [-0.39, 0.29) is 29.2 Å².